The molecule has 0 unspecified atom stereocenters. The van der Waals surface area contributed by atoms with Crippen molar-refractivity contribution in [2.45, 2.75) is 38.5 Å². The molecule has 0 spiro atoms. The van der Waals surface area contributed by atoms with Crippen LogP contribution in [-0.4, -0.2) is 11.8 Å². The van der Waals surface area contributed by atoms with Crippen LogP contribution in [0.1, 0.15) is 38.5 Å². The molecular formula is C20H22Cl2N2O2. The van der Waals surface area contributed by atoms with Gasteiger partial charge in [0.25, 0.3) is 0 Å². The van der Waals surface area contributed by atoms with Crippen molar-refractivity contribution in [3.05, 3.63) is 58.6 Å². The largest absolute Gasteiger partial charge is 0.326 e. The standard InChI is InChI=1S/C20H22Cl2N2O2/c21-15-7-11-17(12-8-15)23-19(25)5-3-1-2-4-6-20(26)24-18-13-9-16(22)10-14-18/h7-14H,1-6H2,(H,23,25)(H,24,26). The lowest BCUT2D eigenvalue weighted by Crippen LogP contribution is -2.11. The first kappa shape index (κ1) is 20.3. The van der Waals surface area contributed by atoms with Gasteiger partial charge in [0.05, 0.1) is 0 Å². The fraction of sp³-hybridized carbons (Fsp3) is 0.300. The Balaban J connectivity index is 1.53. The molecule has 26 heavy (non-hydrogen) atoms. The summed E-state index contributed by atoms with van der Waals surface area (Å²) in [5.74, 6) is -0.0133. The second kappa shape index (κ2) is 10.8. The Kier molecular flexibility index (Phi) is 8.45. The van der Waals surface area contributed by atoms with Crippen molar-refractivity contribution in [2.24, 2.45) is 0 Å². The van der Waals surface area contributed by atoms with Crippen LogP contribution in [0.25, 0.3) is 0 Å². The Bertz CT molecular complexity index is 652. The number of benzene rings is 2. The molecule has 2 N–H and O–H groups in total. The monoisotopic (exact) mass is 392 g/mol. The van der Waals surface area contributed by atoms with Gasteiger partial charge in [-0.25, -0.2) is 0 Å². The summed E-state index contributed by atoms with van der Waals surface area (Å²) in [5.41, 5.74) is 1.50. The zero-order valence-corrected chi connectivity index (χ0v) is 15.9. The fourth-order valence-electron chi connectivity index (χ4n) is 2.44. The molecule has 0 aliphatic rings. The summed E-state index contributed by atoms with van der Waals surface area (Å²) in [4.78, 5) is 23.7. The van der Waals surface area contributed by atoms with Gasteiger partial charge in [0.15, 0.2) is 0 Å². The molecule has 0 saturated heterocycles. The number of nitrogens with one attached hydrogen (secondary N) is 2. The molecule has 0 atom stereocenters. The zero-order chi connectivity index (χ0) is 18.8. The lowest BCUT2D eigenvalue weighted by Gasteiger charge is -2.06. The van der Waals surface area contributed by atoms with E-state index in [1.54, 1.807) is 48.5 Å². The maximum absolute atomic E-state index is 11.8. The van der Waals surface area contributed by atoms with Gasteiger partial charge in [-0.2, -0.15) is 0 Å². The Morgan fingerprint density at radius 3 is 1.31 bits per heavy atom. The Hall–Kier alpha value is -2.04. The van der Waals surface area contributed by atoms with Crippen LogP contribution < -0.4 is 10.6 Å². The first-order valence-corrected chi connectivity index (χ1v) is 9.39. The Labute approximate surface area is 163 Å². The Morgan fingerprint density at radius 1 is 0.615 bits per heavy atom. The van der Waals surface area contributed by atoms with Gasteiger partial charge >= 0.3 is 0 Å². The quantitative estimate of drug-likeness (QED) is 0.520. The van der Waals surface area contributed by atoms with Gasteiger partial charge in [0.1, 0.15) is 0 Å². The highest BCUT2D eigenvalue weighted by molar-refractivity contribution is 6.30. The van der Waals surface area contributed by atoms with Gasteiger partial charge in [0, 0.05) is 34.3 Å². The lowest BCUT2D eigenvalue weighted by atomic mass is 10.1. The van der Waals surface area contributed by atoms with Crippen LogP contribution in [0.2, 0.25) is 10.0 Å². The predicted octanol–water partition coefficient (Wildman–Crippen LogP) is 5.91. The van der Waals surface area contributed by atoms with Gasteiger partial charge in [-0.05, 0) is 61.4 Å². The highest BCUT2D eigenvalue weighted by Gasteiger charge is 2.04. The molecular weight excluding hydrogens is 371 g/mol. The number of amides is 2. The highest BCUT2D eigenvalue weighted by atomic mass is 35.5. The molecule has 0 aliphatic heterocycles. The summed E-state index contributed by atoms with van der Waals surface area (Å²) in [5, 5.41) is 6.96. The summed E-state index contributed by atoms with van der Waals surface area (Å²) in [7, 11) is 0. The molecule has 138 valence electrons. The van der Waals surface area contributed by atoms with Crippen molar-refractivity contribution in [1.29, 1.82) is 0 Å². The van der Waals surface area contributed by atoms with E-state index in [-0.39, 0.29) is 11.8 Å². The van der Waals surface area contributed by atoms with Gasteiger partial charge in [-0.1, -0.05) is 36.0 Å². The maximum Gasteiger partial charge on any atom is 0.224 e. The van der Waals surface area contributed by atoms with Crippen molar-refractivity contribution in [2.75, 3.05) is 10.6 Å². The van der Waals surface area contributed by atoms with Crippen molar-refractivity contribution in [3.63, 3.8) is 0 Å². The molecule has 0 aliphatic carbocycles. The summed E-state index contributed by atoms with van der Waals surface area (Å²) in [6.07, 6.45) is 4.39. The molecule has 2 rings (SSSR count). The number of anilines is 2. The fourth-order valence-corrected chi connectivity index (χ4v) is 2.69. The highest BCUT2D eigenvalue weighted by Crippen LogP contribution is 2.15. The van der Waals surface area contributed by atoms with E-state index in [9.17, 15) is 9.59 Å². The van der Waals surface area contributed by atoms with E-state index >= 15 is 0 Å². The van der Waals surface area contributed by atoms with E-state index in [1.165, 1.54) is 0 Å². The molecule has 6 heteroatoms. The molecule has 0 radical (unpaired) electrons. The first-order valence-electron chi connectivity index (χ1n) is 8.64. The third kappa shape index (κ3) is 7.89. The normalized spacial score (nSPS) is 10.4. The molecule has 0 heterocycles. The van der Waals surface area contributed by atoms with E-state index < -0.39 is 0 Å². The van der Waals surface area contributed by atoms with Gasteiger partial charge in [-0.15, -0.1) is 0 Å². The minimum absolute atomic E-state index is 0.00666. The predicted molar refractivity (Wildman–Crippen MR) is 108 cm³/mol. The minimum Gasteiger partial charge on any atom is -0.326 e. The van der Waals surface area contributed by atoms with Crippen LogP contribution in [0.5, 0.6) is 0 Å². The first-order chi connectivity index (χ1) is 12.5. The van der Waals surface area contributed by atoms with Gasteiger partial charge in [0.2, 0.25) is 11.8 Å². The maximum atomic E-state index is 11.8. The van der Waals surface area contributed by atoms with E-state index in [1.807, 2.05) is 0 Å². The molecule has 2 aromatic rings. The number of carbonyl (C=O) groups excluding carboxylic acids is 2. The average molecular weight is 393 g/mol. The van der Waals surface area contributed by atoms with Gasteiger partial charge in [-0.3, -0.25) is 9.59 Å². The second-order valence-corrected chi connectivity index (χ2v) is 6.90. The molecule has 0 aromatic heterocycles. The third-order valence-corrected chi connectivity index (χ3v) is 4.32. The van der Waals surface area contributed by atoms with Crippen LogP contribution in [0.4, 0.5) is 11.4 Å². The van der Waals surface area contributed by atoms with Crippen LogP contribution >= 0.6 is 23.2 Å². The van der Waals surface area contributed by atoms with Crippen molar-refractivity contribution in [1.82, 2.24) is 0 Å². The van der Waals surface area contributed by atoms with E-state index in [0.29, 0.717) is 22.9 Å². The number of carbonyl (C=O) groups is 2. The molecule has 4 nitrogen and oxygen atoms in total. The SMILES string of the molecule is O=C(CCCCCCC(=O)Nc1ccc(Cl)cc1)Nc1ccc(Cl)cc1. The second-order valence-electron chi connectivity index (χ2n) is 6.02. The lowest BCUT2D eigenvalue weighted by molar-refractivity contribution is -0.117. The average Bonchev–Trinajstić information content (AvgIpc) is 2.62. The van der Waals surface area contributed by atoms with Crippen LogP contribution in [-0.2, 0) is 9.59 Å². The van der Waals surface area contributed by atoms with E-state index in [4.69, 9.17) is 23.2 Å². The van der Waals surface area contributed by atoms with Crippen LogP contribution in [0.15, 0.2) is 48.5 Å². The van der Waals surface area contributed by atoms with Crippen LogP contribution in [0, 0.1) is 0 Å². The molecule has 2 amide bonds. The minimum atomic E-state index is -0.00666. The smallest absolute Gasteiger partial charge is 0.224 e. The zero-order valence-electron chi connectivity index (χ0n) is 14.4. The van der Waals surface area contributed by atoms with Crippen LogP contribution in [0.3, 0.4) is 0 Å². The van der Waals surface area contributed by atoms with Gasteiger partial charge < -0.3 is 10.6 Å². The summed E-state index contributed by atoms with van der Waals surface area (Å²) < 4.78 is 0. The van der Waals surface area contributed by atoms with Crippen molar-refractivity contribution < 1.29 is 9.59 Å². The number of hydrogen-bond donors (Lipinski definition) is 2. The molecule has 2 aromatic carbocycles. The number of hydrogen-bond acceptors (Lipinski definition) is 2. The third-order valence-electron chi connectivity index (χ3n) is 3.81. The van der Waals surface area contributed by atoms with Crippen molar-refractivity contribution >= 4 is 46.4 Å². The van der Waals surface area contributed by atoms with E-state index in [2.05, 4.69) is 10.6 Å². The van der Waals surface area contributed by atoms with E-state index in [0.717, 1.165) is 37.1 Å². The molecule has 0 bridgehead atoms. The summed E-state index contributed by atoms with van der Waals surface area (Å²) in [6.45, 7) is 0. The Morgan fingerprint density at radius 2 is 0.962 bits per heavy atom. The number of unbranched alkanes of at least 4 members (excludes halogenated alkanes) is 3. The summed E-state index contributed by atoms with van der Waals surface area (Å²) >= 11 is 11.6. The van der Waals surface area contributed by atoms with Crippen molar-refractivity contribution in [3.8, 4) is 0 Å². The molecule has 0 saturated carbocycles. The number of rotatable bonds is 9. The topological polar surface area (TPSA) is 58.2 Å². The number of halogens is 2. The summed E-state index contributed by atoms with van der Waals surface area (Å²) in [6, 6.07) is 14.1. The molecule has 0 fully saturated rings.